The zero-order chi connectivity index (χ0) is 13.5. The number of ether oxygens (including phenoxy) is 1. The maximum absolute atomic E-state index is 5.92. The Bertz CT molecular complexity index is 573. The second kappa shape index (κ2) is 5.76. The molecular weight excluding hydrogens is 274 g/mol. The molecule has 0 radical (unpaired) electrons. The lowest BCUT2D eigenvalue weighted by Crippen LogP contribution is -2.48. The van der Waals surface area contributed by atoms with E-state index in [0.29, 0.717) is 0 Å². The standard InChI is InChI=1S/C16H21NO2.ClH/c1-16(2,3)17-8-9-18-14(10-17)15-13-7-5-4-6-12(13)11-19-15;/h4-7,11,14H,8-10H2,1-3H3;1H. The minimum absolute atomic E-state index is 0. The summed E-state index contributed by atoms with van der Waals surface area (Å²) >= 11 is 0. The van der Waals surface area contributed by atoms with Gasteiger partial charge in [-0.1, -0.05) is 24.3 Å². The number of hydrogen-bond donors (Lipinski definition) is 0. The van der Waals surface area contributed by atoms with Gasteiger partial charge in [0.1, 0.15) is 11.9 Å². The maximum Gasteiger partial charge on any atom is 0.141 e. The lowest BCUT2D eigenvalue weighted by atomic mass is 10.0. The summed E-state index contributed by atoms with van der Waals surface area (Å²) in [7, 11) is 0. The van der Waals surface area contributed by atoms with Crippen LogP contribution in [0.2, 0.25) is 0 Å². The molecule has 3 nitrogen and oxygen atoms in total. The third-order valence-electron chi connectivity index (χ3n) is 3.85. The molecule has 2 aromatic rings. The number of fused-ring (bicyclic) bond motifs is 1. The van der Waals surface area contributed by atoms with Crippen molar-refractivity contribution >= 4 is 23.2 Å². The van der Waals surface area contributed by atoms with E-state index in [1.807, 2.05) is 18.4 Å². The topological polar surface area (TPSA) is 25.6 Å². The minimum atomic E-state index is 0. The third kappa shape index (κ3) is 2.85. The van der Waals surface area contributed by atoms with Gasteiger partial charge in [-0.05, 0) is 20.8 Å². The number of hydrogen-bond acceptors (Lipinski definition) is 3. The molecule has 1 fully saturated rings. The SMILES string of the molecule is CC(C)(C)N1CCOC(c2occ3ccccc23)C1.Cl. The van der Waals surface area contributed by atoms with Gasteiger partial charge < -0.3 is 9.15 Å². The summed E-state index contributed by atoms with van der Waals surface area (Å²) in [4.78, 5) is 2.46. The van der Waals surface area contributed by atoms with Crippen molar-refractivity contribution in [3.05, 3.63) is 36.3 Å². The molecule has 0 aliphatic carbocycles. The van der Waals surface area contributed by atoms with Crippen molar-refractivity contribution in [3.8, 4) is 0 Å². The van der Waals surface area contributed by atoms with Gasteiger partial charge in [0.05, 0.1) is 12.9 Å². The van der Waals surface area contributed by atoms with Crippen molar-refractivity contribution in [3.63, 3.8) is 0 Å². The summed E-state index contributed by atoms with van der Waals surface area (Å²) in [5.74, 6) is 0.963. The van der Waals surface area contributed by atoms with Gasteiger partial charge in [0.15, 0.2) is 0 Å². The molecule has 4 heteroatoms. The van der Waals surface area contributed by atoms with Crippen LogP contribution in [-0.2, 0) is 4.74 Å². The number of benzene rings is 1. The van der Waals surface area contributed by atoms with Gasteiger partial charge in [-0.2, -0.15) is 0 Å². The molecule has 1 aromatic heterocycles. The molecule has 0 bridgehead atoms. The third-order valence-corrected chi connectivity index (χ3v) is 3.85. The van der Waals surface area contributed by atoms with Crippen LogP contribution in [0, 0.1) is 0 Å². The Morgan fingerprint density at radius 2 is 1.95 bits per heavy atom. The molecule has 0 spiro atoms. The van der Waals surface area contributed by atoms with Gasteiger partial charge in [-0.3, -0.25) is 4.90 Å². The van der Waals surface area contributed by atoms with Crippen LogP contribution >= 0.6 is 12.4 Å². The second-order valence-corrected chi connectivity index (χ2v) is 6.16. The Morgan fingerprint density at radius 1 is 1.20 bits per heavy atom. The number of furan rings is 1. The number of rotatable bonds is 1. The summed E-state index contributed by atoms with van der Waals surface area (Å²) < 4.78 is 11.7. The van der Waals surface area contributed by atoms with E-state index in [0.717, 1.165) is 30.8 Å². The van der Waals surface area contributed by atoms with E-state index in [9.17, 15) is 0 Å². The smallest absolute Gasteiger partial charge is 0.141 e. The van der Waals surface area contributed by atoms with Crippen LogP contribution < -0.4 is 0 Å². The van der Waals surface area contributed by atoms with Gasteiger partial charge in [-0.15, -0.1) is 12.4 Å². The van der Waals surface area contributed by atoms with E-state index in [1.165, 1.54) is 5.39 Å². The largest absolute Gasteiger partial charge is 0.465 e. The highest BCUT2D eigenvalue weighted by Gasteiger charge is 2.31. The second-order valence-electron chi connectivity index (χ2n) is 6.16. The van der Waals surface area contributed by atoms with E-state index in [-0.39, 0.29) is 24.0 Å². The molecule has 1 atom stereocenters. The zero-order valence-corrected chi connectivity index (χ0v) is 13.1. The fourth-order valence-electron chi connectivity index (χ4n) is 2.68. The average molecular weight is 296 g/mol. The number of halogens is 1. The van der Waals surface area contributed by atoms with Gasteiger partial charge in [-0.25, -0.2) is 0 Å². The molecule has 0 saturated carbocycles. The molecule has 1 aliphatic heterocycles. The van der Waals surface area contributed by atoms with Gasteiger partial charge in [0.2, 0.25) is 0 Å². The molecule has 3 rings (SSSR count). The molecular formula is C16H22ClNO2. The molecule has 2 heterocycles. The monoisotopic (exact) mass is 295 g/mol. The van der Waals surface area contributed by atoms with E-state index < -0.39 is 0 Å². The molecule has 1 unspecified atom stereocenters. The van der Waals surface area contributed by atoms with E-state index >= 15 is 0 Å². The Hall–Kier alpha value is -1.03. The van der Waals surface area contributed by atoms with E-state index in [1.54, 1.807) is 0 Å². The fourth-order valence-corrected chi connectivity index (χ4v) is 2.68. The molecule has 0 N–H and O–H groups in total. The quantitative estimate of drug-likeness (QED) is 0.794. The highest BCUT2D eigenvalue weighted by Crippen LogP contribution is 2.32. The summed E-state index contributed by atoms with van der Waals surface area (Å²) in [5, 5.41) is 2.32. The molecule has 1 aliphatic rings. The van der Waals surface area contributed by atoms with Crippen molar-refractivity contribution in [2.24, 2.45) is 0 Å². The number of morpholine rings is 1. The Labute approximate surface area is 126 Å². The van der Waals surface area contributed by atoms with Crippen LogP contribution in [0.25, 0.3) is 10.8 Å². The normalized spacial score (nSPS) is 20.9. The Morgan fingerprint density at radius 3 is 2.70 bits per heavy atom. The summed E-state index contributed by atoms with van der Waals surface area (Å²) in [5.41, 5.74) is 0.171. The highest BCUT2D eigenvalue weighted by atomic mass is 35.5. The predicted molar refractivity (Wildman–Crippen MR) is 83.5 cm³/mol. The first-order valence-corrected chi connectivity index (χ1v) is 6.88. The molecule has 0 amide bonds. The first-order chi connectivity index (χ1) is 9.05. The molecule has 1 aromatic carbocycles. The van der Waals surface area contributed by atoms with Crippen LogP contribution in [0.5, 0.6) is 0 Å². The first kappa shape index (κ1) is 15.4. The van der Waals surface area contributed by atoms with Gasteiger partial charge in [0, 0.05) is 29.4 Å². The van der Waals surface area contributed by atoms with Crippen molar-refractivity contribution < 1.29 is 9.15 Å². The Balaban J connectivity index is 0.00000147. The van der Waals surface area contributed by atoms with Crippen LogP contribution in [0.3, 0.4) is 0 Å². The Kier molecular flexibility index (Phi) is 4.43. The predicted octanol–water partition coefficient (Wildman–Crippen LogP) is 4.03. The van der Waals surface area contributed by atoms with Crippen molar-refractivity contribution in [2.45, 2.75) is 32.4 Å². The zero-order valence-electron chi connectivity index (χ0n) is 12.3. The summed E-state index contributed by atoms with van der Waals surface area (Å²) in [6, 6.07) is 8.26. The van der Waals surface area contributed by atoms with Crippen LogP contribution in [0.15, 0.2) is 34.9 Å². The number of nitrogens with zero attached hydrogens (tertiary/aromatic N) is 1. The average Bonchev–Trinajstić information content (AvgIpc) is 2.82. The molecule has 1 saturated heterocycles. The summed E-state index contributed by atoms with van der Waals surface area (Å²) in [6.07, 6.45) is 1.86. The first-order valence-electron chi connectivity index (χ1n) is 6.88. The molecule has 20 heavy (non-hydrogen) atoms. The maximum atomic E-state index is 5.92. The van der Waals surface area contributed by atoms with E-state index in [4.69, 9.17) is 9.15 Å². The van der Waals surface area contributed by atoms with Crippen LogP contribution in [0.1, 0.15) is 32.6 Å². The molecule has 110 valence electrons. The highest BCUT2D eigenvalue weighted by molar-refractivity contribution is 5.85. The van der Waals surface area contributed by atoms with Gasteiger partial charge in [0.25, 0.3) is 0 Å². The van der Waals surface area contributed by atoms with Crippen molar-refractivity contribution in [1.29, 1.82) is 0 Å². The van der Waals surface area contributed by atoms with Crippen LogP contribution in [0.4, 0.5) is 0 Å². The summed E-state index contributed by atoms with van der Waals surface area (Å²) in [6.45, 7) is 9.37. The fraction of sp³-hybridized carbons (Fsp3) is 0.500. The van der Waals surface area contributed by atoms with Crippen LogP contribution in [-0.4, -0.2) is 30.1 Å². The lowest BCUT2D eigenvalue weighted by molar-refractivity contribution is -0.0669. The van der Waals surface area contributed by atoms with Crippen molar-refractivity contribution in [1.82, 2.24) is 4.90 Å². The van der Waals surface area contributed by atoms with Crippen molar-refractivity contribution in [2.75, 3.05) is 19.7 Å². The van der Waals surface area contributed by atoms with E-state index in [2.05, 4.69) is 37.8 Å². The minimum Gasteiger partial charge on any atom is -0.465 e. The lowest BCUT2D eigenvalue weighted by Gasteiger charge is -2.41. The van der Waals surface area contributed by atoms with Gasteiger partial charge >= 0.3 is 0 Å².